The highest BCUT2D eigenvalue weighted by atomic mass is 16.4. The highest BCUT2D eigenvalue weighted by Crippen LogP contribution is 2.72. The van der Waals surface area contributed by atoms with Gasteiger partial charge in [0.05, 0.1) is 12.0 Å². The van der Waals surface area contributed by atoms with Gasteiger partial charge >= 0.3 is 5.97 Å². The van der Waals surface area contributed by atoms with E-state index in [9.17, 15) is 15.0 Å². The molecule has 0 aromatic heterocycles. The van der Waals surface area contributed by atoms with Crippen LogP contribution in [0.3, 0.4) is 0 Å². The number of hydrogen-bond donors (Lipinski definition) is 2. The van der Waals surface area contributed by atoms with E-state index in [1.807, 2.05) is 0 Å². The first kappa shape index (κ1) is 25.0. The molecule has 4 aliphatic carbocycles. The van der Waals surface area contributed by atoms with Crippen LogP contribution in [0.1, 0.15) is 113 Å². The zero-order chi connectivity index (χ0) is 24.4. The fourth-order valence-corrected chi connectivity index (χ4v) is 9.41. The summed E-state index contributed by atoms with van der Waals surface area (Å²) in [5, 5.41) is 21.0. The maximum atomic E-state index is 12.5. The number of hydrogen-bond acceptors (Lipinski definition) is 2. The number of aliphatic hydroxyl groups is 1. The summed E-state index contributed by atoms with van der Waals surface area (Å²) in [5.74, 6) is -0.0420. The minimum absolute atomic E-state index is 0.0370. The number of allylic oxidation sites excluding steroid dienone is 4. The van der Waals surface area contributed by atoms with Gasteiger partial charge in [0.15, 0.2) is 0 Å². The van der Waals surface area contributed by atoms with Crippen molar-refractivity contribution >= 4 is 5.97 Å². The van der Waals surface area contributed by atoms with Gasteiger partial charge in [0.1, 0.15) is 0 Å². The molecule has 2 N–H and O–H groups in total. The van der Waals surface area contributed by atoms with Crippen LogP contribution in [0, 0.1) is 39.4 Å². The summed E-state index contributed by atoms with van der Waals surface area (Å²) in [6.07, 6.45) is 12.3. The van der Waals surface area contributed by atoms with Crippen LogP contribution in [0.25, 0.3) is 0 Å². The summed E-state index contributed by atoms with van der Waals surface area (Å²) >= 11 is 0. The quantitative estimate of drug-likeness (QED) is 0.420. The summed E-state index contributed by atoms with van der Waals surface area (Å²) in [5.41, 5.74) is 5.00. The van der Waals surface area contributed by atoms with E-state index in [1.165, 1.54) is 12.0 Å². The minimum Gasteiger partial charge on any atom is -0.481 e. The van der Waals surface area contributed by atoms with Gasteiger partial charge in [-0.2, -0.15) is 0 Å². The molecule has 0 aromatic rings. The number of carboxylic acid groups (broad SMARTS) is 1. The molecule has 0 amide bonds. The predicted octanol–water partition coefficient (Wildman–Crippen LogP) is 7.54. The molecule has 0 saturated heterocycles. The minimum atomic E-state index is -0.592. The molecule has 2 fully saturated rings. The molecule has 3 nitrogen and oxygen atoms in total. The van der Waals surface area contributed by atoms with Gasteiger partial charge in [-0.1, -0.05) is 57.4 Å². The Labute approximate surface area is 202 Å². The molecule has 186 valence electrons. The van der Waals surface area contributed by atoms with E-state index in [2.05, 4.69) is 54.5 Å². The van der Waals surface area contributed by atoms with Crippen LogP contribution in [0.4, 0.5) is 0 Å². The van der Waals surface area contributed by atoms with Crippen LogP contribution in [0.15, 0.2) is 22.8 Å². The van der Waals surface area contributed by atoms with Gasteiger partial charge in [-0.05, 0) is 112 Å². The van der Waals surface area contributed by atoms with Gasteiger partial charge < -0.3 is 10.2 Å². The van der Waals surface area contributed by atoms with Crippen LogP contribution in [0.2, 0.25) is 0 Å². The van der Waals surface area contributed by atoms with Gasteiger partial charge in [0.25, 0.3) is 0 Å². The molecule has 3 heteroatoms. The molecule has 4 rings (SSSR count). The molecule has 7 atom stereocenters. The summed E-state index contributed by atoms with van der Waals surface area (Å²) in [4.78, 5) is 12.5. The van der Waals surface area contributed by atoms with Crippen molar-refractivity contribution in [2.75, 3.05) is 0 Å². The van der Waals surface area contributed by atoms with Crippen molar-refractivity contribution in [2.24, 2.45) is 39.4 Å². The Morgan fingerprint density at radius 2 is 1.70 bits per heavy atom. The lowest BCUT2D eigenvalue weighted by Gasteiger charge is -2.62. The topological polar surface area (TPSA) is 57.5 Å². The number of fused-ring (bicyclic) bond motifs is 4. The standard InChI is InChI=1S/C30H48O3/c1-19(2)9-8-10-20(26(32)33)21-13-17-30(7)23-11-12-24-27(3,4)25(31)15-16-28(24,5)22(23)14-18-29(21,30)6/h9,20-21,24-25,31H,8,10-18H2,1-7H3,(H,32,33)/t20-,21-,24-,25+,28-,29-,30+/m1/s1. The number of aliphatic hydroxyl groups excluding tert-OH is 1. The highest BCUT2D eigenvalue weighted by molar-refractivity contribution is 5.70. The summed E-state index contributed by atoms with van der Waals surface area (Å²) in [6, 6.07) is 0. The molecule has 4 aliphatic rings. The molecule has 0 radical (unpaired) electrons. The van der Waals surface area contributed by atoms with Gasteiger partial charge in [-0.3, -0.25) is 4.79 Å². The average molecular weight is 457 g/mol. The van der Waals surface area contributed by atoms with Gasteiger partial charge in [-0.15, -0.1) is 0 Å². The first-order chi connectivity index (χ1) is 15.3. The molecular weight excluding hydrogens is 408 g/mol. The zero-order valence-corrected chi connectivity index (χ0v) is 22.3. The van der Waals surface area contributed by atoms with E-state index >= 15 is 0 Å². The van der Waals surface area contributed by atoms with Crippen LogP contribution in [-0.4, -0.2) is 22.3 Å². The number of carbonyl (C=O) groups is 1. The molecule has 0 aliphatic heterocycles. The van der Waals surface area contributed by atoms with Gasteiger partial charge in [0, 0.05) is 0 Å². The van der Waals surface area contributed by atoms with Crippen molar-refractivity contribution < 1.29 is 15.0 Å². The van der Waals surface area contributed by atoms with Crippen molar-refractivity contribution in [3.05, 3.63) is 22.8 Å². The Morgan fingerprint density at radius 3 is 2.33 bits per heavy atom. The Hall–Kier alpha value is -1.09. The lowest BCUT2D eigenvalue weighted by molar-refractivity contribution is -0.146. The smallest absolute Gasteiger partial charge is 0.306 e. The number of carboxylic acids is 1. The van der Waals surface area contributed by atoms with E-state index < -0.39 is 5.97 Å². The first-order valence-electron chi connectivity index (χ1n) is 13.6. The SMILES string of the molecule is CC(C)=CCC[C@@H](C(=O)O)[C@H]1CC[C@@]2(C)C3=C(CC[C@]12C)[C@@]1(C)CC[C@H](O)C(C)(C)[C@H]1CC3. The summed E-state index contributed by atoms with van der Waals surface area (Å²) < 4.78 is 0. The number of rotatable bonds is 5. The molecule has 0 spiro atoms. The zero-order valence-electron chi connectivity index (χ0n) is 22.3. The first-order valence-corrected chi connectivity index (χ1v) is 13.6. The molecule has 2 saturated carbocycles. The van der Waals surface area contributed by atoms with Crippen molar-refractivity contribution in [3.8, 4) is 0 Å². The maximum absolute atomic E-state index is 12.5. The second-order valence-corrected chi connectivity index (χ2v) is 13.5. The Morgan fingerprint density at radius 1 is 1.00 bits per heavy atom. The van der Waals surface area contributed by atoms with Crippen molar-refractivity contribution in [1.29, 1.82) is 0 Å². The maximum Gasteiger partial charge on any atom is 0.306 e. The van der Waals surface area contributed by atoms with Crippen molar-refractivity contribution in [3.63, 3.8) is 0 Å². The van der Waals surface area contributed by atoms with Crippen LogP contribution in [0.5, 0.6) is 0 Å². The third-order valence-electron chi connectivity index (χ3n) is 11.6. The van der Waals surface area contributed by atoms with E-state index in [1.54, 1.807) is 11.1 Å². The summed E-state index contributed by atoms with van der Waals surface area (Å²) in [6.45, 7) is 16.2. The molecule has 0 aromatic carbocycles. The summed E-state index contributed by atoms with van der Waals surface area (Å²) in [7, 11) is 0. The van der Waals surface area contributed by atoms with Crippen molar-refractivity contribution in [2.45, 2.75) is 119 Å². The van der Waals surface area contributed by atoms with E-state index in [0.29, 0.717) is 5.92 Å². The molecule has 33 heavy (non-hydrogen) atoms. The normalized spacial score (nSPS) is 42.7. The third kappa shape index (κ3) is 3.58. The Bertz CT molecular complexity index is 862. The van der Waals surface area contributed by atoms with E-state index in [4.69, 9.17) is 0 Å². The molecule has 0 bridgehead atoms. The third-order valence-corrected chi connectivity index (χ3v) is 11.6. The Kier molecular flexibility index (Phi) is 6.25. The van der Waals surface area contributed by atoms with Crippen molar-refractivity contribution in [1.82, 2.24) is 0 Å². The fourth-order valence-electron chi connectivity index (χ4n) is 9.41. The second kappa shape index (κ2) is 8.25. The highest BCUT2D eigenvalue weighted by Gasteiger charge is 2.64. The fraction of sp³-hybridized carbons (Fsp3) is 0.833. The van der Waals surface area contributed by atoms with Crippen LogP contribution in [-0.2, 0) is 4.79 Å². The lowest BCUT2D eigenvalue weighted by atomic mass is 9.43. The van der Waals surface area contributed by atoms with Gasteiger partial charge in [-0.25, -0.2) is 0 Å². The molecule has 0 heterocycles. The Balaban J connectivity index is 1.69. The largest absolute Gasteiger partial charge is 0.481 e. The van der Waals surface area contributed by atoms with E-state index in [-0.39, 0.29) is 39.6 Å². The average Bonchev–Trinajstić information content (AvgIpc) is 3.00. The predicted molar refractivity (Wildman–Crippen MR) is 135 cm³/mol. The van der Waals surface area contributed by atoms with Crippen LogP contribution < -0.4 is 0 Å². The van der Waals surface area contributed by atoms with Gasteiger partial charge in [0.2, 0.25) is 0 Å². The van der Waals surface area contributed by atoms with Crippen LogP contribution >= 0.6 is 0 Å². The lowest BCUT2D eigenvalue weighted by Crippen LogP contribution is -2.55. The monoisotopic (exact) mass is 456 g/mol. The molecule has 0 unspecified atom stereocenters. The van der Waals surface area contributed by atoms with E-state index in [0.717, 1.165) is 57.8 Å². The molecular formula is C30H48O3. The number of aliphatic carboxylic acids is 1. The second-order valence-electron chi connectivity index (χ2n) is 13.5.